The van der Waals surface area contributed by atoms with Crippen molar-refractivity contribution in [2.24, 2.45) is 0 Å². The van der Waals surface area contributed by atoms with E-state index in [2.05, 4.69) is 15.2 Å². The average Bonchev–Trinajstić information content (AvgIpc) is 2.61. The van der Waals surface area contributed by atoms with E-state index in [-0.39, 0.29) is 24.2 Å². The molecule has 3 rings (SSSR count). The molecule has 0 aromatic carbocycles. The van der Waals surface area contributed by atoms with Gasteiger partial charge in [-0.3, -0.25) is 14.7 Å². The van der Waals surface area contributed by atoms with Gasteiger partial charge in [0.2, 0.25) is 5.91 Å². The van der Waals surface area contributed by atoms with Gasteiger partial charge in [0.1, 0.15) is 0 Å². The van der Waals surface area contributed by atoms with Crippen LogP contribution < -0.4 is 5.32 Å². The number of nitrogens with one attached hydrogen (secondary N) is 1. The molecule has 2 saturated heterocycles. The van der Waals surface area contributed by atoms with Crippen molar-refractivity contribution < 1.29 is 19.4 Å². The second-order valence-electron chi connectivity index (χ2n) is 6.79. The lowest BCUT2D eigenvalue weighted by Crippen LogP contribution is -2.55. The molecule has 7 heteroatoms. The first-order chi connectivity index (χ1) is 12.2. The first-order valence-corrected chi connectivity index (χ1v) is 8.90. The molecule has 2 fully saturated rings. The molecular formula is C18H27N3O4. The fourth-order valence-corrected chi connectivity index (χ4v) is 3.66. The summed E-state index contributed by atoms with van der Waals surface area (Å²) in [5, 5.41) is 12.8. The van der Waals surface area contributed by atoms with Gasteiger partial charge >= 0.3 is 0 Å². The molecule has 4 atom stereocenters. The zero-order valence-corrected chi connectivity index (χ0v) is 14.6. The van der Waals surface area contributed by atoms with Gasteiger partial charge in [0.25, 0.3) is 0 Å². The first-order valence-electron chi connectivity index (χ1n) is 8.90. The minimum atomic E-state index is -0.508. The maximum absolute atomic E-state index is 11.6. The standard InChI is InChI=1S/C18H27N3O4/c1-19-18(23)8-15-2-3-16-17(25-15)12-24-11-14(22)10-21(16)9-13-4-6-20-7-5-13/h4-7,14-17,22H,2-3,8-12H2,1H3,(H,19,23)/t14-,15+,16-,17+/m1/s1. The number of hydrogen-bond acceptors (Lipinski definition) is 6. The van der Waals surface area contributed by atoms with E-state index in [4.69, 9.17) is 9.47 Å². The second kappa shape index (κ2) is 8.71. The Morgan fingerprint density at radius 2 is 2.16 bits per heavy atom. The Morgan fingerprint density at radius 1 is 1.36 bits per heavy atom. The number of fused-ring (bicyclic) bond motifs is 1. The van der Waals surface area contributed by atoms with Gasteiger partial charge in [-0.05, 0) is 30.5 Å². The number of pyridine rings is 1. The van der Waals surface area contributed by atoms with Crippen LogP contribution in [0.1, 0.15) is 24.8 Å². The minimum absolute atomic E-state index is 0.000670. The maximum Gasteiger partial charge on any atom is 0.222 e. The van der Waals surface area contributed by atoms with Gasteiger partial charge in [0.05, 0.1) is 37.9 Å². The van der Waals surface area contributed by atoms with Crippen LogP contribution >= 0.6 is 0 Å². The predicted octanol–water partition coefficient (Wildman–Crippen LogP) is 0.327. The van der Waals surface area contributed by atoms with E-state index < -0.39 is 6.10 Å². The quantitative estimate of drug-likeness (QED) is 0.815. The fraction of sp³-hybridized carbons (Fsp3) is 0.667. The van der Waals surface area contributed by atoms with Crippen LogP contribution in [-0.2, 0) is 20.8 Å². The number of hydrogen-bond donors (Lipinski definition) is 2. The highest BCUT2D eigenvalue weighted by atomic mass is 16.5. The lowest BCUT2D eigenvalue weighted by Gasteiger charge is -2.44. The van der Waals surface area contributed by atoms with E-state index in [0.29, 0.717) is 26.2 Å². The zero-order chi connectivity index (χ0) is 17.6. The molecule has 0 bridgehead atoms. The molecular weight excluding hydrogens is 322 g/mol. The van der Waals surface area contributed by atoms with Crippen LogP contribution in [0.3, 0.4) is 0 Å². The Morgan fingerprint density at radius 3 is 2.92 bits per heavy atom. The second-order valence-corrected chi connectivity index (χ2v) is 6.79. The number of β-amino-alcohol motifs (C(OH)–C–C–N with tert-alkyl or cyclic N) is 1. The Labute approximate surface area is 148 Å². The summed E-state index contributed by atoms with van der Waals surface area (Å²) < 4.78 is 11.8. The number of nitrogens with zero attached hydrogens (tertiary/aromatic N) is 2. The first kappa shape index (κ1) is 18.3. The highest BCUT2D eigenvalue weighted by molar-refractivity contribution is 5.76. The Balaban J connectivity index is 1.69. The lowest BCUT2D eigenvalue weighted by molar-refractivity contribution is -0.158. The van der Waals surface area contributed by atoms with Crippen molar-refractivity contribution in [2.75, 3.05) is 26.8 Å². The van der Waals surface area contributed by atoms with Gasteiger partial charge in [-0.2, -0.15) is 0 Å². The highest BCUT2D eigenvalue weighted by Gasteiger charge is 2.37. The molecule has 1 aromatic rings. The topological polar surface area (TPSA) is 83.9 Å². The van der Waals surface area contributed by atoms with Crippen molar-refractivity contribution in [2.45, 2.75) is 50.2 Å². The molecule has 2 aliphatic rings. The molecule has 1 amide bonds. The summed E-state index contributed by atoms with van der Waals surface area (Å²) in [5.41, 5.74) is 1.16. The van der Waals surface area contributed by atoms with Crippen molar-refractivity contribution >= 4 is 5.91 Å². The van der Waals surface area contributed by atoms with Gasteiger partial charge in [-0.1, -0.05) is 0 Å². The van der Waals surface area contributed by atoms with Gasteiger partial charge in [0.15, 0.2) is 0 Å². The summed E-state index contributed by atoms with van der Waals surface area (Å²) in [7, 11) is 1.64. The van der Waals surface area contributed by atoms with Crippen LogP contribution in [0.5, 0.6) is 0 Å². The molecule has 0 aliphatic carbocycles. The number of aliphatic hydroxyl groups is 1. The molecule has 3 heterocycles. The molecule has 0 saturated carbocycles. The predicted molar refractivity (Wildman–Crippen MR) is 91.8 cm³/mol. The monoisotopic (exact) mass is 349 g/mol. The third-order valence-electron chi connectivity index (χ3n) is 4.91. The molecule has 0 radical (unpaired) electrons. The molecule has 7 nitrogen and oxygen atoms in total. The molecule has 2 N–H and O–H groups in total. The number of rotatable bonds is 4. The normalized spacial score (nSPS) is 30.8. The summed E-state index contributed by atoms with van der Waals surface area (Å²) in [6.07, 6.45) is 5.04. The third-order valence-corrected chi connectivity index (χ3v) is 4.91. The highest BCUT2D eigenvalue weighted by Crippen LogP contribution is 2.28. The van der Waals surface area contributed by atoms with E-state index in [1.54, 1.807) is 19.4 Å². The van der Waals surface area contributed by atoms with E-state index >= 15 is 0 Å². The number of aromatic nitrogens is 1. The van der Waals surface area contributed by atoms with Crippen LogP contribution in [-0.4, -0.2) is 72.1 Å². The number of ether oxygens (including phenoxy) is 2. The SMILES string of the molecule is CNC(=O)C[C@@H]1CC[C@@H]2[C@H](COC[C@H](O)CN2Cc2ccncc2)O1. The Hall–Kier alpha value is -1.54. The van der Waals surface area contributed by atoms with Gasteiger partial charge in [-0.25, -0.2) is 0 Å². The van der Waals surface area contributed by atoms with E-state index in [1.807, 2.05) is 12.1 Å². The van der Waals surface area contributed by atoms with Crippen LogP contribution in [0.15, 0.2) is 24.5 Å². The average molecular weight is 349 g/mol. The smallest absolute Gasteiger partial charge is 0.222 e. The lowest BCUT2D eigenvalue weighted by atomic mass is 9.94. The van der Waals surface area contributed by atoms with Gasteiger partial charge in [0, 0.05) is 38.6 Å². The van der Waals surface area contributed by atoms with Crippen molar-refractivity contribution in [1.82, 2.24) is 15.2 Å². The Kier molecular flexibility index (Phi) is 6.36. The summed E-state index contributed by atoms with van der Waals surface area (Å²) in [5.74, 6) is -0.000670. The third kappa shape index (κ3) is 4.98. The van der Waals surface area contributed by atoms with Crippen molar-refractivity contribution in [1.29, 1.82) is 0 Å². The van der Waals surface area contributed by atoms with Crippen molar-refractivity contribution in [3.8, 4) is 0 Å². The maximum atomic E-state index is 11.6. The summed E-state index contributed by atoms with van der Waals surface area (Å²) in [4.78, 5) is 18.0. The van der Waals surface area contributed by atoms with E-state index in [9.17, 15) is 9.90 Å². The number of amides is 1. The zero-order valence-electron chi connectivity index (χ0n) is 14.6. The van der Waals surface area contributed by atoms with E-state index in [0.717, 1.165) is 24.9 Å². The Bertz CT molecular complexity index is 557. The molecule has 2 aliphatic heterocycles. The van der Waals surface area contributed by atoms with Gasteiger partial charge in [-0.15, -0.1) is 0 Å². The molecule has 0 unspecified atom stereocenters. The minimum Gasteiger partial charge on any atom is -0.389 e. The van der Waals surface area contributed by atoms with Crippen LogP contribution in [0.4, 0.5) is 0 Å². The van der Waals surface area contributed by atoms with Crippen molar-refractivity contribution in [3.63, 3.8) is 0 Å². The fourth-order valence-electron chi connectivity index (χ4n) is 3.66. The van der Waals surface area contributed by atoms with Crippen LogP contribution in [0.25, 0.3) is 0 Å². The number of carbonyl (C=O) groups is 1. The van der Waals surface area contributed by atoms with Gasteiger partial charge < -0.3 is 19.9 Å². The van der Waals surface area contributed by atoms with Crippen molar-refractivity contribution in [3.05, 3.63) is 30.1 Å². The number of carbonyl (C=O) groups excluding carboxylic acids is 1. The molecule has 25 heavy (non-hydrogen) atoms. The molecule has 0 spiro atoms. The van der Waals surface area contributed by atoms with Crippen LogP contribution in [0, 0.1) is 0 Å². The summed E-state index contributed by atoms with van der Waals surface area (Å²) in [6.45, 7) is 2.04. The summed E-state index contributed by atoms with van der Waals surface area (Å²) in [6, 6.07) is 4.16. The number of aliphatic hydroxyl groups excluding tert-OH is 1. The van der Waals surface area contributed by atoms with E-state index in [1.165, 1.54) is 0 Å². The molecule has 138 valence electrons. The largest absolute Gasteiger partial charge is 0.389 e. The molecule has 1 aromatic heterocycles. The van der Waals surface area contributed by atoms with Crippen LogP contribution in [0.2, 0.25) is 0 Å². The summed E-state index contributed by atoms with van der Waals surface area (Å²) >= 11 is 0.